The van der Waals surface area contributed by atoms with Crippen LogP contribution < -0.4 is 4.74 Å². The van der Waals surface area contributed by atoms with Crippen molar-refractivity contribution in [1.29, 1.82) is 0 Å². The van der Waals surface area contributed by atoms with Crippen LogP contribution in [0.15, 0.2) is 24.3 Å². The molecule has 18 heavy (non-hydrogen) atoms. The molecular weight excluding hydrogens is 228 g/mol. The van der Waals surface area contributed by atoms with Crippen LogP contribution in [0.25, 0.3) is 0 Å². The molecule has 2 rings (SSSR count). The summed E-state index contributed by atoms with van der Waals surface area (Å²) >= 11 is 0. The molecule has 0 aromatic heterocycles. The zero-order valence-corrected chi connectivity index (χ0v) is 11.2. The molecule has 1 saturated heterocycles. The minimum absolute atomic E-state index is 0.552. The molecule has 0 saturated carbocycles. The Bertz CT molecular complexity index is 364. The van der Waals surface area contributed by atoms with Gasteiger partial charge in [-0.1, -0.05) is 12.1 Å². The SMILES string of the molecule is COc1ccc(C(C)(O)CC2CCOCC2)cc1. The van der Waals surface area contributed by atoms with E-state index in [1.54, 1.807) is 7.11 Å². The van der Waals surface area contributed by atoms with Crippen LogP contribution in [0.3, 0.4) is 0 Å². The molecule has 1 atom stereocenters. The third-order valence-corrected chi connectivity index (χ3v) is 3.74. The minimum Gasteiger partial charge on any atom is -0.497 e. The Morgan fingerprint density at radius 1 is 1.28 bits per heavy atom. The van der Waals surface area contributed by atoms with Gasteiger partial charge in [-0.2, -0.15) is 0 Å². The van der Waals surface area contributed by atoms with Crippen molar-refractivity contribution in [2.24, 2.45) is 5.92 Å². The zero-order valence-electron chi connectivity index (χ0n) is 11.2. The van der Waals surface area contributed by atoms with Crippen LogP contribution in [0.1, 0.15) is 31.7 Å². The monoisotopic (exact) mass is 250 g/mol. The smallest absolute Gasteiger partial charge is 0.118 e. The molecule has 0 spiro atoms. The van der Waals surface area contributed by atoms with E-state index in [9.17, 15) is 5.11 Å². The Morgan fingerprint density at radius 2 is 1.89 bits per heavy atom. The largest absolute Gasteiger partial charge is 0.497 e. The van der Waals surface area contributed by atoms with E-state index in [-0.39, 0.29) is 0 Å². The second-order valence-corrected chi connectivity index (χ2v) is 5.26. The van der Waals surface area contributed by atoms with E-state index in [1.807, 2.05) is 31.2 Å². The molecule has 1 heterocycles. The molecule has 3 nitrogen and oxygen atoms in total. The molecule has 0 aliphatic carbocycles. The van der Waals surface area contributed by atoms with Gasteiger partial charge >= 0.3 is 0 Å². The number of hydrogen-bond acceptors (Lipinski definition) is 3. The van der Waals surface area contributed by atoms with Gasteiger partial charge in [-0.15, -0.1) is 0 Å². The van der Waals surface area contributed by atoms with Gasteiger partial charge in [-0.25, -0.2) is 0 Å². The fourth-order valence-corrected chi connectivity index (χ4v) is 2.58. The lowest BCUT2D eigenvalue weighted by molar-refractivity contribution is -0.00305. The van der Waals surface area contributed by atoms with E-state index < -0.39 is 5.60 Å². The van der Waals surface area contributed by atoms with E-state index in [0.717, 1.165) is 43.8 Å². The zero-order chi connectivity index (χ0) is 13.0. The highest BCUT2D eigenvalue weighted by Gasteiger charge is 2.28. The predicted octanol–water partition coefficient (Wildman–Crippen LogP) is 2.72. The summed E-state index contributed by atoms with van der Waals surface area (Å²) < 4.78 is 10.5. The molecule has 1 aromatic carbocycles. The second-order valence-electron chi connectivity index (χ2n) is 5.26. The summed E-state index contributed by atoms with van der Waals surface area (Å²) in [5.74, 6) is 1.37. The topological polar surface area (TPSA) is 38.7 Å². The first-order chi connectivity index (χ1) is 8.62. The molecule has 1 aliphatic rings. The van der Waals surface area contributed by atoms with Crippen molar-refractivity contribution < 1.29 is 14.6 Å². The number of hydrogen-bond donors (Lipinski definition) is 1. The number of aliphatic hydroxyl groups is 1. The van der Waals surface area contributed by atoms with Crippen molar-refractivity contribution in [3.05, 3.63) is 29.8 Å². The molecule has 1 aliphatic heterocycles. The maximum absolute atomic E-state index is 10.6. The first-order valence-corrected chi connectivity index (χ1v) is 6.56. The van der Waals surface area contributed by atoms with E-state index >= 15 is 0 Å². The molecule has 0 radical (unpaired) electrons. The van der Waals surface area contributed by atoms with E-state index in [2.05, 4.69) is 0 Å². The third kappa shape index (κ3) is 3.24. The van der Waals surface area contributed by atoms with Gasteiger partial charge in [0.25, 0.3) is 0 Å². The molecular formula is C15H22O3. The highest BCUT2D eigenvalue weighted by Crippen LogP contribution is 2.33. The average molecular weight is 250 g/mol. The third-order valence-electron chi connectivity index (χ3n) is 3.74. The summed E-state index contributed by atoms with van der Waals surface area (Å²) in [5, 5.41) is 10.6. The highest BCUT2D eigenvalue weighted by molar-refractivity contribution is 5.30. The molecule has 100 valence electrons. The van der Waals surface area contributed by atoms with Gasteiger partial charge in [0, 0.05) is 13.2 Å². The standard InChI is InChI=1S/C15H22O3/c1-15(16,11-12-7-9-18-10-8-12)13-3-5-14(17-2)6-4-13/h3-6,12,16H,7-11H2,1-2H3. The van der Waals surface area contributed by atoms with Gasteiger partial charge in [0.05, 0.1) is 12.7 Å². The summed E-state index contributed by atoms with van der Waals surface area (Å²) in [6.45, 7) is 3.54. The predicted molar refractivity (Wildman–Crippen MR) is 70.7 cm³/mol. The van der Waals surface area contributed by atoms with Gasteiger partial charge < -0.3 is 14.6 Å². The second kappa shape index (κ2) is 5.72. The summed E-state index contributed by atoms with van der Waals surface area (Å²) in [6.07, 6.45) is 2.89. The maximum Gasteiger partial charge on any atom is 0.118 e. The van der Waals surface area contributed by atoms with Crippen molar-refractivity contribution in [1.82, 2.24) is 0 Å². The number of rotatable bonds is 4. The number of methoxy groups -OCH3 is 1. The Hall–Kier alpha value is -1.06. The Morgan fingerprint density at radius 3 is 2.44 bits per heavy atom. The Balaban J connectivity index is 2.03. The van der Waals surface area contributed by atoms with Crippen molar-refractivity contribution in [3.63, 3.8) is 0 Å². The lowest BCUT2D eigenvalue weighted by Crippen LogP contribution is -2.28. The Labute approximate surface area is 109 Å². The maximum atomic E-state index is 10.6. The molecule has 0 amide bonds. The van der Waals surface area contributed by atoms with Crippen LogP contribution in [-0.2, 0) is 10.3 Å². The summed E-state index contributed by atoms with van der Waals surface area (Å²) in [6, 6.07) is 7.68. The van der Waals surface area contributed by atoms with Crippen LogP contribution in [0, 0.1) is 5.92 Å². The minimum atomic E-state index is -0.770. The fraction of sp³-hybridized carbons (Fsp3) is 0.600. The molecule has 1 N–H and O–H groups in total. The Kier molecular flexibility index (Phi) is 4.25. The summed E-state index contributed by atoms with van der Waals surface area (Å²) in [5.41, 5.74) is 0.184. The van der Waals surface area contributed by atoms with Crippen LogP contribution in [-0.4, -0.2) is 25.4 Å². The van der Waals surface area contributed by atoms with Crippen molar-refractivity contribution >= 4 is 0 Å². The van der Waals surface area contributed by atoms with Crippen LogP contribution in [0.5, 0.6) is 5.75 Å². The van der Waals surface area contributed by atoms with Gasteiger partial charge in [0.2, 0.25) is 0 Å². The van der Waals surface area contributed by atoms with Gasteiger partial charge in [-0.3, -0.25) is 0 Å². The number of benzene rings is 1. The van der Waals surface area contributed by atoms with Gasteiger partial charge in [-0.05, 0) is 49.8 Å². The normalized spacial score (nSPS) is 20.4. The van der Waals surface area contributed by atoms with Gasteiger partial charge in [0.15, 0.2) is 0 Å². The molecule has 1 unspecified atom stereocenters. The summed E-state index contributed by atoms with van der Waals surface area (Å²) in [4.78, 5) is 0. The molecule has 1 fully saturated rings. The van der Waals surface area contributed by atoms with E-state index in [4.69, 9.17) is 9.47 Å². The average Bonchev–Trinajstić information content (AvgIpc) is 2.39. The van der Waals surface area contributed by atoms with Crippen molar-refractivity contribution in [3.8, 4) is 5.75 Å². The van der Waals surface area contributed by atoms with Crippen molar-refractivity contribution in [2.75, 3.05) is 20.3 Å². The number of ether oxygens (including phenoxy) is 2. The lowest BCUT2D eigenvalue weighted by atomic mass is 9.83. The molecule has 1 aromatic rings. The fourth-order valence-electron chi connectivity index (χ4n) is 2.58. The van der Waals surface area contributed by atoms with Crippen molar-refractivity contribution in [2.45, 2.75) is 31.8 Å². The van der Waals surface area contributed by atoms with E-state index in [0.29, 0.717) is 5.92 Å². The molecule has 3 heteroatoms. The van der Waals surface area contributed by atoms with Crippen LogP contribution >= 0.6 is 0 Å². The summed E-state index contributed by atoms with van der Waals surface area (Å²) in [7, 11) is 1.65. The molecule has 0 bridgehead atoms. The van der Waals surface area contributed by atoms with Gasteiger partial charge in [0.1, 0.15) is 5.75 Å². The quantitative estimate of drug-likeness (QED) is 0.893. The first-order valence-electron chi connectivity index (χ1n) is 6.56. The first kappa shape index (κ1) is 13.4. The highest BCUT2D eigenvalue weighted by atomic mass is 16.5. The van der Waals surface area contributed by atoms with E-state index in [1.165, 1.54) is 0 Å². The lowest BCUT2D eigenvalue weighted by Gasteiger charge is -2.31. The van der Waals surface area contributed by atoms with Crippen LogP contribution in [0.2, 0.25) is 0 Å². The van der Waals surface area contributed by atoms with Crippen LogP contribution in [0.4, 0.5) is 0 Å².